The number of hydrogen-bond acceptors (Lipinski definition) is 1. The summed E-state index contributed by atoms with van der Waals surface area (Å²) in [6, 6.07) is 8.56. The van der Waals surface area contributed by atoms with E-state index in [1.165, 1.54) is 30.4 Å². The lowest BCUT2D eigenvalue weighted by Crippen LogP contribution is -2.12. The van der Waals surface area contributed by atoms with Crippen LogP contribution in [0.1, 0.15) is 51.2 Å². The molecular weight excluding hydrogens is 230 g/mol. The van der Waals surface area contributed by atoms with E-state index < -0.39 is 0 Å². The first-order valence-corrected chi connectivity index (χ1v) is 7.35. The molecule has 0 fully saturated rings. The van der Waals surface area contributed by atoms with Crippen LogP contribution in [-0.2, 0) is 0 Å². The smallest absolute Gasteiger partial charge is 0.0340 e. The third kappa shape index (κ3) is 6.28. The van der Waals surface area contributed by atoms with Crippen molar-refractivity contribution in [3.63, 3.8) is 0 Å². The van der Waals surface area contributed by atoms with Crippen LogP contribution in [0.4, 0.5) is 0 Å². The Labute approximate surface area is 118 Å². The predicted octanol–water partition coefficient (Wildman–Crippen LogP) is 5.11. The minimum absolute atomic E-state index is 0.592. The van der Waals surface area contributed by atoms with Crippen LogP contribution in [0.25, 0.3) is 11.8 Å². The van der Waals surface area contributed by atoms with Crippen LogP contribution >= 0.6 is 0 Å². The molecule has 0 radical (unpaired) electrons. The largest absolute Gasteiger partial charge is 0.385 e. The molecule has 1 aromatic rings. The molecule has 0 aliphatic rings. The van der Waals surface area contributed by atoms with Crippen LogP contribution in [0, 0.1) is 5.92 Å². The summed E-state index contributed by atoms with van der Waals surface area (Å²) in [4.78, 5) is 0. The minimum atomic E-state index is 0.592. The van der Waals surface area contributed by atoms with Crippen LogP contribution in [-0.4, -0.2) is 6.54 Å². The SMILES string of the molecule is C=C(NCCCCC)c1ccc(/C=C/C(C)C)cc1. The second-order valence-corrected chi connectivity index (χ2v) is 5.34. The molecule has 1 N–H and O–H groups in total. The first-order valence-electron chi connectivity index (χ1n) is 7.35. The number of allylic oxidation sites excluding steroid dienone is 1. The molecule has 1 rings (SSSR count). The summed E-state index contributed by atoms with van der Waals surface area (Å²) in [6.45, 7) is 11.7. The Bertz CT molecular complexity index is 398. The fraction of sp³-hybridized carbons (Fsp3) is 0.444. The molecule has 0 aromatic heterocycles. The highest BCUT2D eigenvalue weighted by molar-refractivity contribution is 5.63. The van der Waals surface area contributed by atoms with Gasteiger partial charge in [-0.15, -0.1) is 0 Å². The number of hydrogen-bond donors (Lipinski definition) is 1. The zero-order valence-electron chi connectivity index (χ0n) is 12.6. The van der Waals surface area contributed by atoms with E-state index in [0.29, 0.717) is 5.92 Å². The Kier molecular flexibility index (Phi) is 7.02. The lowest BCUT2D eigenvalue weighted by molar-refractivity contribution is 0.689. The molecule has 0 atom stereocenters. The van der Waals surface area contributed by atoms with E-state index in [4.69, 9.17) is 0 Å². The molecule has 19 heavy (non-hydrogen) atoms. The van der Waals surface area contributed by atoms with Gasteiger partial charge in [0.25, 0.3) is 0 Å². The van der Waals surface area contributed by atoms with Gasteiger partial charge < -0.3 is 5.32 Å². The minimum Gasteiger partial charge on any atom is -0.385 e. The highest BCUT2D eigenvalue weighted by atomic mass is 14.9. The van der Waals surface area contributed by atoms with Crippen molar-refractivity contribution in [1.29, 1.82) is 0 Å². The van der Waals surface area contributed by atoms with Crippen molar-refractivity contribution < 1.29 is 0 Å². The van der Waals surface area contributed by atoms with Crippen molar-refractivity contribution in [3.8, 4) is 0 Å². The number of rotatable bonds is 8. The van der Waals surface area contributed by atoms with Gasteiger partial charge in [0.05, 0.1) is 0 Å². The molecule has 0 saturated heterocycles. The van der Waals surface area contributed by atoms with Crippen LogP contribution in [0.15, 0.2) is 36.9 Å². The van der Waals surface area contributed by atoms with Gasteiger partial charge in [0.15, 0.2) is 0 Å². The maximum atomic E-state index is 4.10. The van der Waals surface area contributed by atoms with Gasteiger partial charge >= 0.3 is 0 Å². The molecule has 104 valence electrons. The van der Waals surface area contributed by atoms with Gasteiger partial charge in [0.2, 0.25) is 0 Å². The molecule has 0 heterocycles. The molecular formula is C18H27N. The molecule has 0 unspecified atom stereocenters. The van der Waals surface area contributed by atoms with E-state index in [2.05, 4.69) is 69.1 Å². The maximum absolute atomic E-state index is 4.10. The summed E-state index contributed by atoms with van der Waals surface area (Å²) >= 11 is 0. The van der Waals surface area contributed by atoms with Crippen LogP contribution in [0.5, 0.6) is 0 Å². The number of unbranched alkanes of at least 4 members (excludes halogenated alkanes) is 2. The zero-order valence-corrected chi connectivity index (χ0v) is 12.6. The second kappa shape index (κ2) is 8.58. The Balaban J connectivity index is 2.49. The fourth-order valence-corrected chi connectivity index (χ4v) is 1.82. The van der Waals surface area contributed by atoms with Gasteiger partial charge in [-0.1, -0.05) is 76.6 Å². The van der Waals surface area contributed by atoms with E-state index >= 15 is 0 Å². The number of benzene rings is 1. The molecule has 0 aliphatic heterocycles. The van der Waals surface area contributed by atoms with Gasteiger partial charge in [-0.2, -0.15) is 0 Å². The summed E-state index contributed by atoms with van der Waals surface area (Å²) in [5, 5.41) is 3.39. The van der Waals surface area contributed by atoms with E-state index in [1.807, 2.05) is 0 Å². The topological polar surface area (TPSA) is 12.0 Å². The van der Waals surface area contributed by atoms with Crippen molar-refractivity contribution in [3.05, 3.63) is 48.0 Å². The Hall–Kier alpha value is -1.50. The molecule has 0 bridgehead atoms. The summed E-state index contributed by atoms with van der Waals surface area (Å²) in [5.74, 6) is 0.592. The molecule has 0 aliphatic carbocycles. The molecule has 1 heteroatoms. The summed E-state index contributed by atoms with van der Waals surface area (Å²) in [7, 11) is 0. The highest BCUT2D eigenvalue weighted by Gasteiger charge is 1.97. The highest BCUT2D eigenvalue weighted by Crippen LogP contribution is 2.13. The van der Waals surface area contributed by atoms with Crippen molar-refractivity contribution in [1.82, 2.24) is 5.32 Å². The fourth-order valence-electron chi connectivity index (χ4n) is 1.82. The average Bonchev–Trinajstić information content (AvgIpc) is 2.41. The van der Waals surface area contributed by atoms with E-state index in [-0.39, 0.29) is 0 Å². The van der Waals surface area contributed by atoms with Crippen molar-refractivity contribution in [2.45, 2.75) is 40.0 Å². The van der Waals surface area contributed by atoms with Gasteiger partial charge in [-0.25, -0.2) is 0 Å². The first kappa shape index (κ1) is 15.6. The van der Waals surface area contributed by atoms with Crippen molar-refractivity contribution in [2.75, 3.05) is 6.54 Å². The van der Waals surface area contributed by atoms with E-state index in [1.54, 1.807) is 0 Å². The standard InChI is InChI=1S/C18H27N/c1-5-6-7-14-19-16(4)18-12-10-17(11-13-18)9-8-15(2)3/h8-13,15,19H,4-7,14H2,1-3H3/b9-8+. The van der Waals surface area contributed by atoms with Crippen LogP contribution < -0.4 is 5.32 Å². The summed E-state index contributed by atoms with van der Waals surface area (Å²) < 4.78 is 0. The van der Waals surface area contributed by atoms with Gasteiger partial charge in [-0.3, -0.25) is 0 Å². The predicted molar refractivity (Wildman–Crippen MR) is 86.9 cm³/mol. The zero-order chi connectivity index (χ0) is 14.1. The number of nitrogens with one attached hydrogen (secondary N) is 1. The quantitative estimate of drug-likeness (QED) is 0.638. The Morgan fingerprint density at radius 2 is 1.89 bits per heavy atom. The lowest BCUT2D eigenvalue weighted by atomic mass is 10.1. The maximum Gasteiger partial charge on any atom is 0.0340 e. The van der Waals surface area contributed by atoms with Crippen LogP contribution in [0.3, 0.4) is 0 Å². The monoisotopic (exact) mass is 257 g/mol. The van der Waals surface area contributed by atoms with E-state index in [9.17, 15) is 0 Å². The Morgan fingerprint density at radius 1 is 1.21 bits per heavy atom. The van der Waals surface area contributed by atoms with Crippen molar-refractivity contribution in [2.24, 2.45) is 5.92 Å². The summed E-state index contributed by atoms with van der Waals surface area (Å²) in [6.07, 6.45) is 8.13. The van der Waals surface area contributed by atoms with Gasteiger partial charge in [0, 0.05) is 12.2 Å². The first-order chi connectivity index (χ1) is 9.13. The van der Waals surface area contributed by atoms with Gasteiger partial charge in [0.1, 0.15) is 0 Å². The summed E-state index contributed by atoms with van der Waals surface area (Å²) in [5.41, 5.74) is 3.45. The van der Waals surface area contributed by atoms with Gasteiger partial charge in [-0.05, 0) is 23.5 Å². The second-order valence-electron chi connectivity index (χ2n) is 5.34. The Morgan fingerprint density at radius 3 is 2.47 bits per heavy atom. The molecule has 0 saturated carbocycles. The molecule has 1 nitrogen and oxygen atoms in total. The van der Waals surface area contributed by atoms with E-state index in [0.717, 1.165) is 12.2 Å². The van der Waals surface area contributed by atoms with Crippen molar-refractivity contribution >= 4 is 11.8 Å². The molecule has 1 aromatic carbocycles. The lowest BCUT2D eigenvalue weighted by Gasteiger charge is -2.09. The normalized spacial score (nSPS) is 11.2. The molecule has 0 spiro atoms. The third-order valence-electron chi connectivity index (χ3n) is 3.05. The molecule has 0 amide bonds. The third-order valence-corrected chi connectivity index (χ3v) is 3.05. The van der Waals surface area contributed by atoms with Crippen LogP contribution in [0.2, 0.25) is 0 Å². The average molecular weight is 257 g/mol.